The van der Waals surface area contributed by atoms with Crippen molar-refractivity contribution in [2.45, 2.75) is 32.9 Å². The van der Waals surface area contributed by atoms with Crippen LogP contribution in [0.15, 0.2) is 30.9 Å². The van der Waals surface area contributed by atoms with E-state index < -0.39 is 6.10 Å². The third-order valence-corrected chi connectivity index (χ3v) is 2.71. The van der Waals surface area contributed by atoms with Gasteiger partial charge in [-0.3, -0.25) is 0 Å². The van der Waals surface area contributed by atoms with Crippen LogP contribution in [-0.4, -0.2) is 17.7 Å². The van der Waals surface area contributed by atoms with Crippen molar-refractivity contribution in [3.8, 4) is 0 Å². The summed E-state index contributed by atoms with van der Waals surface area (Å²) in [5, 5.41) is 9.69. The fraction of sp³-hybridized carbons (Fsp3) is 0.429. The van der Waals surface area contributed by atoms with E-state index in [0.717, 1.165) is 5.69 Å². The highest BCUT2D eigenvalue weighted by molar-refractivity contribution is 5.56. The maximum atomic E-state index is 13.8. The second kappa shape index (κ2) is 5.82. The Morgan fingerprint density at radius 1 is 1.41 bits per heavy atom. The molecule has 1 rings (SSSR count). The fourth-order valence-corrected chi connectivity index (χ4v) is 1.92. The van der Waals surface area contributed by atoms with Crippen LogP contribution in [0, 0.1) is 5.82 Å². The molecular weight excluding hydrogens is 217 g/mol. The van der Waals surface area contributed by atoms with Gasteiger partial charge in [0.15, 0.2) is 0 Å². The minimum Gasteiger partial charge on any atom is -0.389 e. The SMILES string of the molecule is C=CCN(c1cccc(F)c1[C@H](C)O)C(C)C. The van der Waals surface area contributed by atoms with Crippen LogP contribution in [0.4, 0.5) is 10.1 Å². The van der Waals surface area contributed by atoms with Gasteiger partial charge in [-0.25, -0.2) is 4.39 Å². The van der Waals surface area contributed by atoms with E-state index in [1.54, 1.807) is 19.1 Å². The lowest BCUT2D eigenvalue weighted by Crippen LogP contribution is -2.32. The molecule has 0 bridgehead atoms. The molecule has 1 aromatic carbocycles. The van der Waals surface area contributed by atoms with Gasteiger partial charge in [0.2, 0.25) is 0 Å². The fourth-order valence-electron chi connectivity index (χ4n) is 1.92. The number of aliphatic hydroxyl groups excluding tert-OH is 1. The first kappa shape index (κ1) is 13.7. The van der Waals surface area contributed by atoms with Gasteiger partial charge in [-0.2, -0.15) is 0 Å². The second-order valence-corrected chi connectivity index (χ2v) is 4.38. The van der Waals surface area contributed by atoms with Crippen molar-refractivity contribution in [1.82, 2.24) is 0 Å². The molecule has 0 spiro atoms. The Hall–Kier alpha value is -1.35. The molecule has 0 radical (unpaired) electrons. The average molecular weight is 237 g/mol. The Kier molecular flexibility index (Phi) is 4.70. The molecule has 3 heteroatoms. The third-order valence-electron chi connectivity index (χ3n) is 2.71. The molecule has 0 aromatic heterocycles. The van der Waals surface area contributed by atoms with Crippen LogP contribution in [0.5, 0.6) is 0 Å². The van der Waals surface area contributed by atoms with E-state index in [9.17, 15) is 9.50 Å². The molecule has 0 fully saturated rings. The molecule has 0 saturated carbocycles. The number of hydrogen-bond donors (Lipinski definition) is 1. The molecule has 0 aliphatic carbocycles. The number of anilines is 1. The summed E-state index contributed by atoms with van der Waals surface area (Å²) in [6.07, 6.45) is 0.953. The highest BCUT2D eigenvalue weighted by atomic mass is 19.1. The van der Waals surface area contributed by atoms with Crippen LogP contribution in [-0.2, 0) is 0 Å². The largest absolute Gasteiger partial charge is 0.389 e. The van der Waals surface area contributed by atoms with Gasteiger partial charge in [0.05, 0.1) is 6.10 Å². The van der Waals surface area contributed by atoms with E-state index in [-0.39, 0.29) is 11.9 Å². The summed E-state index contributed by atoms with van der Waals surface area (Å²) in [5.74, 6) is -0.368. The lowest BCUT2D eigenvalue weighted by molar-refractivity contribution is 0.194. The predicted molar refractivity (Wildman–Crippen MR) is 69.7 cm³/mol. The molecule has 0 aliphatic heterocycles. The van der Waals surface area contributed by atoms with Crippen LogP contribution in [0.1, 0.15) is 32.4 Å². The summed E-state index contributed by atoms with van der Waals surface area (Å²) in [6, 6.07) is 5.08. The topological polar surface area (TPSA) is 23.5 Å². The van der Waals surface area contributed by atoms with Gasteiger partial charge in [0.1, 0.15) is 5.82 Å². The summed E-state index contributed by atoms with van der Waals surface area (Å²) in [6.45, 7) is 9.97. The highest BCUT2D eigenvalue weighted by Crippen LogP contribution is 2.30. The standard InChI is InChI=1S/C14H20FNO/c1-5-9-16(10(2)3)13-8-6-7-12(15)14(13)11(4)17/h5-8,10-11,17H,1,9H2,2-4H3/t11-/m0/s1. The van der Waals surface area contributed by atoms with Crippen molar-refractivity contribution in [2.24, 2.45) is 0 Å². The van der Waals surface area contributed by atoms with Gasteiger partial charge < -0.3 is 10.0 Å². The van der Waals surface area contributed by atoms with Crippen LogP contribution in [0.3, 0.4) is 0 Å². The lowest BCUT2D eigenvalue weighted by atomic mass is 10.1. The maximum absolute atomic E-state index is 13.8. The summed E-state index contributed by atoms with van der Waals surface area (Å²) < 4.78 is 13.8. The average Bonchev–Trinajstić information content (AvgIpc) is 2.24. The first-order chi connectivity index (χ1) is 7.99. The molecular formula is C14H20FNO. The van der Waals surface area contributed by atoms with E-state index >= 15 is 0 Å². The smallest absolute Gasteiger partial charge is 0.131 e. The van der Waals surface area contributed by atoms with Crippen molar-refractivity contribution in [3.63, 3.8) is 0 Å². The quantitative estimate of drug-likeness (QED) is 0.794. The van der Waals surface area contributed by atoms with Crippen LogP contribution in [0.25, 0.3) is 0 Å². The molecule has 94 valence electrons. The van der Waals surface area contributed by atoms with Gasteiger partial charge in [0, 0.05) is 23.8 Å². The first-order valence-electron chi connectivity index (χ1n) is 5.83. The van der Waals surface area contributed by atoms with E-state index in [1.165, 1.54) is 6.07 Å². The Balaban J connectivity index is 3.27. The number of hydrogen-bond acceptors (Lipinski definition) is 2. The molecule has 1 aromatic rings. The number of rotatable bonds is 5. The summed E-state index contributed by atoms with van der Waals surface area (Å²) in [7, 11) is 0. The van der Waals surface area contributed by atoms with Crippen molar-refractivity contribution in [1.29, 1.82) is 0 Å². The Morgan fingerprint density at radius 3 is 2.53 bits per heavy atom. The van der Waals surface area contributed by atoms with E-state index in [0.29, 0.717) is 12.1 Å². The summed E-state index contributed by atoms with van der Waals surface area (Å²) in [4.78, 5) is 2.01. The molecule has 1 atom stereocenters. The van der Waals surface area contributed by atoms with Crippen molar-refractivity contribution in [3.05, 3.63) is 42.2 Å². The Morgan fingerprint density at radius 2 is 2.06 bits per heavy atom. The summed E-state index contributed by atoms with van der Waals surface area (Å²) >= 11 is 0. The van der Waals surface area contributed by atoms with Crippen LogP contribution >= 0.6 is 0 Å². The minimum atomic E-state index is -0.822. The zero-order chi connectivity index (χ0) is 13.0. The third kappa shape index (κ3) is 3.07. The van der Waals surface area contributed by atoms with Gasteiger partial charge in [-0.15, -0.1) is 6.58 Å². The van der Waals surface area contributed by atoms with E-state index in [4.69, 9.17) is 0 Å². The van der Waals surface area contributed by atoms with E-state index in [1.807, 2.05) is 24.8 Å². The van der Waals surface area contributed by atoms with Gasteiger partial charge >= 0.3 is 0 Å². The molecule has 1 N–H and O–H groups in total. The minimum absolute atomic E-state index is 0.215. The monoisotopic (exact) mass is 237 g/mol. The van der Waals surface area contributed by atoms with Crippen molar-refractivity contribution < 1.29 is 9.50 Å². The zero-order valence-electron chi connectivity index (χ0n) is 10.7. The maximum Gasteiger partial charge on any atom is 0.131 e. The van der Waals surface area contributed by atoms with E-state index in [2.05, 4.69) is 6.58 Å². The molecule has 0 amide bonds. The zero-order valence-corrected chi connectivity index (χ0v) is 10.7. The van der Waals surface area contributed by atoms with Crippen LogP contribution < -0.4 is 4.90 Å². The highest BCUT2D eigenvalue weighted by Gasteiger charge is 2.19. The predicted octanol–water partition coefficient (Wildman–Crippen LogP) is 3.28. The Bertz CT molecular complexity index is 388. The molecule has 0 heterocycles. The molecule has 0 saturated heterocycles. The van der Waals surface area contributed by atoms with Gasteiger partial charge in [0.25, 0.3) is 0 Å². The second-order valence-electron chi connectivity index (χ2n) is 4.38. The number of nitrogens with zero attached hydrogens (tertiary/aromatic N) is 1. The lowest BCUT2D eigenvalue weighted by Gasteiger charge is -2.30. The Labute approximate surface area is 102 Å². The molecule has 2 nitrogen and oxygen atoms in total. The molecule has 17 heavy (non-hydrogen) atoms. The van der Waals surface area contributed by atoms with Crippen molar-refractivity contribution in [2.75, 3.05) is 11.4 Å². The molecule has 0 aliphatic rings. The summed E-state index contributed by atoms with van der Waals surface area (Å²) in [5.41, 5.74) is 1.08. The normalized spacial score (nSPS) is 12.6. The van der Waals surface area contributed by atoms with Gasteiger partial charge in [-0.05, 0) is 32.9 Å². The molecule has 0 unspecified atom stereocenters. The number of halogens is 1. The number of benzene rings is 1. The van der Waals surface area contributed by atoms with Crippen LogP contribution in [0.2, 0.25) is 0 Å². The van der Waals surface area contributed by atoms with Gasteiger partial charge in [-0.1, -0.05) is 12.1 Å². The number of aliphatic hydroxyl groups is 1. The first-order valence-corrected chi connectivity index (χ1v) is 5.83. The van der Waals surface area contributed by atoms with Crippen molar-refractivity contribution >= 4 is 5.69 Å².